The topological polar surface area (TPSA) is 88.2 Å². The van der Waals surface area contributed by atoms with Crippen molar-refractivity contribution in [2.75, 3.05) is 10.6 Å². The van der Waals surface area contributed by atoms with Gasteiger partial charge in [0.1, 0.15) is 5.37 Å². The number of sulfone groups is 1. The number of fused-ring (bicyclic) bond motifs is 1. The van der Waals surface area contributed by atoms with Crippen molar-refractivity contribution in [1.29, 1.82) is 0 Å². The predicted molar refractivity (Wildman–Crippen MR) is 136 cm³/mol. The molecule has 34 heavy (non-hydrogen) atoms. The van der Waals surface area contributed by atoms with E-state index in [-0.39, 0.29) is 10.8 Å². The summed E-state index contributed by atoms with van der Waals surface area (Å²) in [5.74, 6) is -0.331. The number of nitrogens with zero attached hydrogens (tertiary/aromatic N) is 1. The van der Waals surface area contributed by atoms with Crippen LogP contribution in [0.1, 0.15) is 27.2 Å². The lowest BCUT2D eigenvalue weighted by atomic mass is 10.0. The van der Waals surface area contributed by atoms with Crippen LogP contribution in [-0.2, 0) is 16.3 Å². The fourth-order valence-electron chi connectivity index (χ4n) is 4.09. The first kappa shape index (κ1) is 22.3. The summed E-state index contributed by atoms with van der Waals surface area (Å²) in [5.41, 5.74) is 4.17. The van der Waals surface area contributed by atoms with E-state index in [0.717, 1.165) is 27.4 Å². The quantitative estimate of drug-likeness (QED) is 0.385. The molecular formula is C26H23N3O3S2. The summed E-state index contributed by atoms with van der Waals surface area (Å²) in [4.78, 5) is 18.5. The lowest BCUT2D eigenvalue weighted by Gasteiger charge is -2.26. The van der Waals surface area contributed by atoms with Crippen molar-refractivity contribution in [3.63, 3.8) is 0 Å². The van der Waals surface area contributed by atoms with Gasteiger partial charge in [0.25, 0.3) is 5.91 Å². The summed E-state index contributed by atoms with van der Waals surface area (Å²) in [7, 11) is -3.59. The van der Waals surface area contributed by atoms with E-state index in [4.69, 9.17) is 0 Å². The number of aryl methyl sites for hydroxylation is 2. The van der Waals surface area contributed by atoms with E-state index < -0.39 is 15.2 Å². The minimum atomic E-state index is -3.59. The molecule has 0 radical (unpaired) electrons. The van der Waals surface area contributed by atoms with Crippen molar-refractivity contribution in [2.24, 2.45) is 0 Å². The standard InChI is InChI=1S/C26H23N3O3S2/c1-17-24(19-8-3-2-4-9-19)28-26(33-17)29-25(30)20-11-14-21(15-12-20)34(31,32)23-16-13-18-7-5-6-10-22(18)27-23/h2-12,14-15,23,27H,13,16H2,1H3,(H,28,29,30). The molecule has 1 aliphatic rings. The Labute approximate surface area is 202 Å². The molecule has 172 valence electrons. The number of amides is 1. The van der Waals surface area contributed by atoms with Gasteiger partial charge in [-0.1, -0.05) is 48.5 Å². The zero-order chi connectivity index (χ0) is 23.7. The van der Waals surface area contributed by atoms with Crippen molar-refractivity contribution >= 4 is 37.9 Å². The zero-order valence-corrected chi connectivity index (χ0v) is 20.1. The first-order valence-corrected chi connectivity index (χ1v) is 13.3. The average Bonchev–Trinajstić information content (AvgIpc) is 3.24. The molecular weight excluding hydrogens is 466 g/mol. The van der Waals surface area contributed by atoms with Crippen LogP contribution in [-0.4, -0.2) is 24.7 Å². The maximum atomic E-state index is 13.2. The summed E-state index contributed by atoms with van der Waals surface area (Å²) in [6, 6.07) is 23.6. The molecule has 0 saturated heterocycles. The molecule has 2 N–H and O–H groups in total. The van der Waals surface area contributed by atoms with E-state index in [9.17, 15) is 13.2 Å². The predicted octanol–water partition coefficient (Wildman–Crippen LogP) is 5.53. The van der Waals surface area contributed by atoms with Crippen LogP contribution in [0.3, 0.4) is 0 Å². The van der Waals surface area contributed by atoms with Crippen LogP contribution < -0.4 is 10.6 Å². The van der Waals surface area contributed by atoms with Gasteiger partial charge in [0.05, 0.1) is 10.6 Å². The number of benzene rings is 3. The van der Waals surface area contributed by atoms with E-state index in [2.05, 4.69) is 15.6 Å². The van der Waals surface area contributed by atoms with E-state index in [1.807, 2.05) is 61.5 Å². The zero-order valence-electron chi connectivity index (χ0n) is 18.5. The number of aromatic nitrogens is 1. The number of hydrogen-bond acceptors (Lipinski definition) is 6. The van der Waals surface area contributed by atoms with Gasteiger partial charge < -0.3 is 5.32 Å². The molecule has 2 heterocycles. The number of carbonyl (C=O) groups excluding carboxylic acids is 1. The van der Waals surface area contributed by atoms with Gasteiger partial charge in [-0.15, -0.1) is 11.3 Å². The maximum Gasteiger partial charge on any atom is 0.257 e. The summed E-state index contributed by atoms with van der Waals surface area (Å²) < 4.78 is 26.3. The third-order valence-corrected chi connectivity index (χ3v) is 8.81. The highest BCUT2D eigenvalue weighted by Crippen LogP contribution is 2.31. The molecule has 5 rings (SSSR count). The van der Waals surface area contributed by atoms with Gasteiger partial charge in [0.2, 0.25) is 0 Å². The molecule has 1 atom stereocenters. The lowest BCUT2D eigenvalue weighted by Crippen LogP contribution is -2.33. The third-order valence-electron chi connectivity index (χ3n) is 5.89. The van der Waals surface area contributed by atoms with Crippen molar-refractivity contribution < 1.29 is 13.2 Å². The SMILES string of the molecule is Cc1sc(NC(=O)c2ccc(S(=O)(=O)C3CCc4ccccc4N3)cc2)nc1-c1ccccc1. The Morgan fingerprint density at radius 1 is 1.00 bits per heavy atom. The molecule has 0 fully saturated rings. The Hall–Kier alpha value is -3.49. The Balaban J connectivity index is 1.30. The lowest BCUT2D eigenvalue weighted by molar-refractivity contribution is 0.102. The Bertz CT molecular complexity index is 1450. The van der Waals surface area contributed by atoms with Crippen LogP contribution in [0.15, 0.2) is 83.8 Å². The fraction of sp³-hybridized carbons (Fsp3) is 0.154. The van der Waals surface area contributed by atoms with Crippen LogP contribution in [0, 0.1) is 6.92 Å². The van der Waals surface area contributed by atoms with Gasteiger partial charge in [0, 0.05) is 21.7 Å². The monoisotopic (exact) mass is 489 g/mol. The number of carbonyl (C=O) groups is 1. The third kappa shape index (κ3) is 4.34. The Kier molecular flexibility index (Phi) is 5.93. The van der Waals surface area contributed by atoms with Crippen LogP contribution >= 0.6 is 11.3 Å². The second-order valence-corrected chi connectivity index (χ2v) is 11.5. The summed E-state index contributed by atoms with van der Waals surface area (Å²) in [6.45, 7) is 1.97. The highest BCUT2D eigenvalue weighted by Gasteiger charge is 2.30. The summed E-state index contributed by atoms with van der Waals surface area (Å²) in [5, 5.41) is 5.79. The highest BCUT2D eigenvalue weighted by atomic mass is 32.2. The molecule has 4 aromatic rings. The van der Waals surface area contributed by atoms with E-state index in [1.165, 1.54) is 35.6 Å². The molecule has 8 heteroatoms. The van der Waals surface area contributed by atoms with Crippen molar-refractivity contribution in [2.45, 2.75) is 30.0 Å². The van der Waals surface area contributed by atoms with E-state index >= 15 is 0 Å². The second kappa shape index (κ2) is 9.04. The summed E-state index contributed by atoms with van der Waals surface area (Å²) in [6.07, 6.45) is 1.19. The normalized spacial score (nSPS) is 15.3. The molecule has 6 nitrogen and oxygen atoms in total. The second-order valence-electron chi connectivity index (χ2n) is 8.14. The highest BCUT2D eigenvalue weighted by molar-refractivity contribution is 7.92. The Morgan fingerprint density at radius 2 is 1.71 bits per heavy atom. The van der Waals surface area contributed by atoms with Gasteiger partial charge in [-0.25, -0.2) is 13.4 Å². The largest absolute Gasteiger partial charge is 0.369 e. The molecule has 1 aromatic heterocycles. The number of nitrogens with one attached hydrogen (secondary N) is 2. The smallest absolute Gasteiger partial charge is 0.257 e. The summed E-state index contributed by atoms with van der Waals surface area (Å²) >= 11 is 1.41. The maximum absolute atomic E-state index is 13.2. The van der Waals surface area contributed by atoms with Gasteiger partial charge in [0.15, 0.2) is 15.0 Å². The number of hydrogen-bond donors (Lipinski definition) is 2. The van der Waals surface area contributed by atoms with Crippen LogP contribution in [0.5, 0.6) is 0 Å². The number of rotatable bonds is 5. The van der Waals surface area contributed by atoms with Gasteiger partial charge in [-0.2, -0.15) is 0 Å². The van der Waals surface area contributed by atoms with Crippen LogP contribution in [0.2, 0.25) is 0 Å². The molecule has 1 unspecified atom stereocenters. The van der Waals surface area contributed by atoms with Gasteiger partial charge >= 0.3 is 0 Å². The minimum absolute atomic E-state index is 0.192. The minimum Gasteiger partial charge on any atom is -0.369 e. The number of anilines is 2. The molecule has 0 bridgehead atoms. The average molecular weight is 490 g/mol. The van der Waals surface area contributed by atoms with Crippen LogP contribution in [0.4, 0.5) is 10.8 Å². The van der Waals surface area contributed by atoms with Crippen LogP contribution in [0.25, 0.3) is 11.3 Å². The van der Waals surface area contributed by atoms with Gasteiger partial charge in [-0.05, 0) is 55.7 Å². The molecule has 0 aliphatic carbocycles. The fourth-order valence-corrected chi connectivity index (χ4v) is 6.47. The van der Waals surface area contributed by atoms with Crippen molar-refractivity contribution in [3.05, 3.63) is 94.9 Å². The Morgan fingerprint density at radius 3 is 2.47 bits per heavy atom. The van der Waals surface area contributed by atoms with Gasteiger partial charge in [-0.3, -0.25) is 10.1 Å². The van der Waals surface area contributed by atoms with E-state index in [1.54, 1.807) is 0 Å². The van der Waals surface area contributed by atoms with Crippen molar-refractivity contribution in [1.82, 2.24) is 4.98 Å². The first-order valence-electron chi connectivity index (χ1n) is 10.9. The van der Waals surface area contributed by atoms with E-state index in [0.29, 0.717) is 23.5 Å². The first-order chi connectivity index (χ1) is 16.4. The molecule has 3 aromatic carbocycles. The van der Waals surface area contributed by atoms with Crippen molar-refractivity contribution in [3.8, 4) is 11.3 Å². The number of thiazole rings is 1. The number of para-hydroxylation sites is 1. The molecule has 0 saturated carbocycles. The molecule has 1 amide bonds. The molecule has 0 spiro atoms. The molecule has 1 aliphatic heterocycles.